The van der Waals surface area contributed by atoms with Crippen molar-refractivity contribution in [2.75, 3.05) is 5.75 Å². The lowest BCUT2D eigenvalue weighted by atomic mass is 10.2. The molecule has 1 aromatic heterocycles. The topological polar surface area (TPSA) is 43.5 Å². The van der Waals surface area contributed by atoms with Gasteiger partial charge in [0, 0.05) is 6.42 Å². The van der Waals surface area contributed by atoms with E-state index in [-0.39, 0.29) is 0 Å². The van der Waals surface area contributed by atoms with E-state index in [9.17, 15) is 0 Å². The van der Waals surface area contributed by atoms with Crippen molar-refractivity contribution >= 4 is 11.8 Å². The molecule has 1 rings (SSSR count). The van der Waals surface area contributed by atoms with Gasteiger partial charge in [0.15, 0.2) is 0 Å². The summed E-state index contributed by atoms with van der Waals surface area (Å²) in [5.41, 5.74) is 0. The van der Waals surface area contributed by atoms with Gasteiger partial charge in [0.1, 0.15) is 12.4 Å². The minimum absolute atomic E-state index is 0.691. The lowest BCUT2D eigenvalue weighted by Gasteiger charge is -2.00. The summed E-state index contributed by atoms with van der Waals surface area (Å²) in [4.78, 5) is 3.31. The van der Waals surface area contributed by atoms with Crippen LogP contribution < -0.4 is 4.57 Å². The SMILES string of the molecule is CCCSCc1[nH]cc[n+]1CCCCCC#N. The van der Waals surface area contributed by atoms with Gasteiger partial charge in [-0.1, -0.05) is 6.92 Å². The van der Waals surface area contributed by atoms with Crippen LogP contribution in [0.5, 0.6) is 0 Å². The molecular weight excluding hydrogens is 230 g/mol. The minimum Gasteiger partial charge on any atom is -0.247 e. The first-order valence-electron chi connectivity index (χ1n) is 6.39. The van der Waals surface area contributed by atoms with E-state index in [4.69, 9.17) is 5.26 Å². The van der Waals surface area contributed by atoms with E-state index in [2.05, 4.69) is 28.7 Å². The second kappa shape index (κ2) is 9.12. The number of H-pyrrole nitrogens is 1. The van der Waals surface area contributed by atoms with Gasteiger partial charge in [-0.15, -0.1) is 11.8 Å². The molecule has 0 atom stereocenters. The number of aromatic nitrogens is 2. The number of hydrogen-bond acceptors (Lipinski definition) is 2. The molecule has 94 valence electrons. The van der Waals surface area contributed by atoms with Crippen LogP contribution in [0.3, 0.4) is 0 Å². The summed E-state index contributed by atoms with van der Waals surface area (Å²) in [5, 5.41) is 8.45. The van der Waals surface area contributed by atoms with Gasteiger partial charge in [-0.2, -0.15) is 5.26 Å². The molecule has 1 N–H and O–H groups in total. The standard InChI is InChI=1S/C13H21N3S/c1-2-11-17-12-13-15-8-10-16(13)9-6-4-3-5-7-14/h8,10H,2-6,9,11-12H2,1H3/p+1. The summed E-state index contributed by atoms with van der Waals surface area (Å²) >= 11 is 1.98. The summed E-state index contributed by atoms with van der Waals surface area (Å²) in [6.45, 7) is 3.28. The average Bonchev–Trinajstić information content (AvgIpc) is 2.77. The third-order valence-corrected chi connectivity index (χ3v) is 3.80. The Morgan fingerprint density at radius 3 is 3.06 bits per heavy atom. The maximum Gasteiger partial charge on any atom is 0.264 e. The van der Waals surface area contributed by atoms with E-state index in [1.807, 2.05) is 18.0 Å². The molecule has 0 unspecified atom stereocenters. The summed E-state index contributed by atoms with van der Waals surface area (Å²) in [5.74, 6) is 3.60. The first-order valence-corrected chi connectivity index (χ1v) is 7.54. The zero-order valence-electron chi connectivity index (χ0n) is 10.6. The van der Waals surface area contributed by atoms with Gasteiger partial charge in [0.25, 0.3) is 5.82 Å². The number of nitrogens with zero attached hydrogens (tertiary/aromatic N) is 2. The van der Waals surface area contributed by atoms with Crippen LogP contribution in [0.4, 0.5) is 0 Å². The molecule has 0 aliphatic heterocycles. The molecule has 1 aromatic rings. The third kappa shape index (κ3) is 5.78. The molecule has 0 radical (unpaired) electrons. The first kappa shape index (κ1) is 14.1. The number of hydrogen-bond donors (Lipinski definition) is 1. The molecule has 0 fully saturated rings. The van der Waals surface area contributed by atoms with Crippen molar-refractivity contribution in [2.45, 2.75) is 51.3 Å². The minimum atomic E-state index is 0.691. The molecule has 17 heavy (non-hydrogen) atoms. The van der Waals surface area contributed by atoms with Crippen LogP contribution in [0.1, 0.15) is 44.9 Å². The molecule has 0 amide bonds. The predicted octanol–water partition coefficient (Wildman–Crippen LogP) is 3.03. The highest BCUT2D eigenvalue weighted by Crippen LogP contribution is 2.08. The summed E-state index contributed by atoms with van der Waals surface area (Å²) < 4.78 is 2.30. The van der Waals surface area contributed by atoms with Crippen molar-refractivity contribution in [1.82, 2.24) is 4.98 Å². The zero-order valence-corrected chi connectivity index (χ0v) is 11.4. The lowest BCUT2D eigenvalue weighted by Crippen LogP contribution is -2.35. The van der Waals surface area contributed by atoms with Crippen molar-refractivity contribution in [3.63, 3.8) is 0 Å². The Morgan fingerprint density at radius 1 is 1.41 bits per heavy atom. The normalized spacial score (nSPS) is 10.4. The largest absolute Gasteiger partial charge is 0.264 e. The molecule has 0 saturated heterocycles. The van der Waals surface area contributed by atoms with Gasteiger partial charge in [-0.05, 0) is 31.4 Å². The van der Waals surface area contributed by atoms with E-state index in [1.54, 1.807) is 0 Å². The van der Waals surface area contributed by atoms with Gasteiger partial charge in [0.2, 0.25) is 0 Å². The van der Waals surface area contributed by atoms with E-state index in [1.165, 1.54) is 18.0 Å². The molecule has 3 nitrogen and oxygen atoms in total. The Morgan fingerprint density at radius 2 is 2.29 bits per heavy atom. The maximum atomic E-state index is 8.45. The van der Waals surface area contributed by atoms with E-state index >= 15 is 0 Å². The lowest BCUT2D eigenvalue weighted by molar-refractivity contribution is -0.702. The van der Waals surface area contributed by atoms with Gasteiger partial charge in [0.05, 0.1) is 18.4 Å². The van der Waals surface area contributed by atoms with Crippen molar-refractivity contribution in [2.24, 2.45) is 0 Å². The molecule has 0 aromatic carbocycles. The second-order valence-electron chi connectivity index (χ2n) is 4.12. The summed E-state index contributed by atoms with van der Waals surface area (Å²) in [6, 6.07) is 2.19. The van der Waals surface area contributed by atoms with Crippen molar-refractivity contribution in [3.05, 3.63) is 18.2 Å². The number of unbranched alkanes of at least 4 members (excludes halogenated alkanes) is 3. The highest BCUT2D eigenvalue weighted by Gasteiger charge is 2.09. The van der Waals surface area contributed by atoms with E-state index in [0.717, 1.165) is 31.6 Å². The molecule has 0 spiro atoms. The number of nitriles is 1. The molecule has 1 heterocycles. The van der Waals surface area contributed by atoms with Crippen LogP contribution >= 0.6 is 11.8 Å². The van der Waals surface area contributed by atoms with Crippen LogP contribution in [0.25, 0.3) is 0 Å². The Bertz CT molecular complexity index is 341. The van der Waals surface area contributed by atoms with Gasteiger partial charge in [-0.3, -0.25) is 0 Å². The molecule has 0 saturated carbocycles. The highest BCUT2D eigenvalue weighted by molar-refractivity contribution is 7.98. The molecule has 0 aliphatic rings. The van der Waals surface area contributed by atoms with E-state index < -0.39 is 0 Å². The zero-order chi connectivity index (χ0) is 12.3. The molecule has 0 aliphatic carbocycles. The second-order valence-corrected chi connectivity index (χ2v) is 5.23. The fraction of sp³-hybridized carbons (Fsp3) is 0.692. The number of aryl methyl sites for hydroxylation is 1. The Kier molecular flexibility index (Phi) is 7.57. The third-order valence-electron chi connectivity index (χ3n) is 2.63. The molecule has 4 heteroatoms. The van der Waals surface area contributed by atoms with Crippen molar-refractivity contribution in [3.8, 4) is 6.07 Å². The first-order chi connectivity index (χ1) is 8.38. The highest BCUT2D eigenvalue weighted by atomic mass is 32.2. The van der Waals surface area contributed by atoms with Crippen LogP contribution in [-0.2, 0) is 12.3 Å². The Labute approximate surface area is 108 Å². The Hall–Kier alpha value is -0.950. The van der Waals surface area contributed by atoms with Crippen LogP contribution in [0, 0.1) is 11.3 Å². The van der Waals surface area contributed by atoms with Gasteiger partial charge in [-0.25, -0.2) is 9.55 Å². The number of imidazole rings is 1. The Balaban J connectivity index is 2.23. The monoisotopic (exact) mass is 252 g/mol. The van der Waals surface area contributed by atoms with Crippen LogP contribution in [-0.4, -0.2) is 10.7 Å². The molecular formula is C13H22N3S+. The van der Waals surface area contributed by atoms with Gasteiger partial charge < -0.3 is 0 Å². The number of aromatic amines is 1. The van der Waals surface area contributed by atoms with Crippen molar-refractivity contribution < 1.29 is 4.57 Å². The maximum absolute atomic E-state index is 8.45. The van der Waals surface area contributed by atoms with Crippen LogP contribution in [0.15, 0.2) is 12.4 Å². The van der Waals surface area contributed by atoms with Crippen molar-refractivity contribution in [1.29, 1.82) is 5.26 Å². The van der Waals surface area contributed by atoms with Crippen LogP contribution in [0.2, 0.25) is 0 Å². The average molecular weight is 252 g/mol. The fourth-order valence-corrected chi connectivity index (χ4v) is 2.58. The predicted molar refractivity (Wildman–Crippen MR) is 71.5 cm³/mol. The molecule has 0 bridgehead atoms. The van der Waals surface area contributed by atoms with Gasteiger partial charge >= 0.3 is 0 Å². The number of rotatable bonds is 9. The smallest absolute Gasteiger partial charge is 0.247 e. The summed E-state index contributed by atoms with van der Waals surface area (Å²) in [6.07, 6.45) is 9.39. The fourth-order valence-electron chi connectivity index (χ4n) is 1.71. The summed E-state index contributed by atoms with van der Waals surface area (Å²) in [7, 11) is 0. The van der Waals surface area contributed by atoms with E-state index in [0.29, 0.717) is 6.42 Å². The quantitative estimate of drug-likeness (QED) is 0.542. The number of nitrogens with one attached hydrogen (secondary N) is 1. The number of thioether (sulfide) groups is 1.